The van der Waals surface area contributed by atoms with Crippen molar-refractivity contribution in [3.8, 4) is 0 Å². The molecular formula is C36H74O5S2. The zero-order valence-electron chi connectivity index (χ0n) is 29.4. The first-order valence-electron chi connectivity index (χ1n) is 17.7. The van der Waals surface area contributed by atoms with Gasteiger partial charge in [-0.05, 0) is 42.9 Å². The molecule has 0 aliphatic carbocycles. The first-order chi connectivity index (χ1) is 20.7. The standard InChI is InChI=1S/C34H66O3S2.2CH4O/c1-6-11-15-17-21-28(19-13-8-3)24-30(26-32(35)38)34(37,23-10-5)31(27-33(36)39)25-29(20-14-9-4)22-18-16-12-7-2;2*1-2/h28-31,37H,6-27H2,1-5H3,(H,35,38)(H,36,39);2*2H,1H3. The van der Waals surface area contributed by atoms with Gasteiger partial charge in [-0.15, -0.1) is 25.3 Å². The van der Waals surface area contributed by atoms with Crippen LogP contribution in [0.5, 0.6) is 0 Å². The molecule has 0 amide bonds. The highest BCUT2D eigenvalue weighted by Crippen LogP contribution is 2.44. The Morgan fingerprint density at radius 3 is 1.14 bits per heavy atom. The van der Waals surface area contributed by atoms with Crippen LogP contribution in [-0.4, -0.2) is 45.4 Å². The lowest BCUT2D eigenvalue weighted by Crippen LogP contribution is -2.48. The normalized spacial score (nSPS) is 15.2. The van der Waals surface area contributed by atoms with Gasteiger partial charge in [0.2, 0.25) is 0 Å². The SMILES string of the molecule is CCCCCCC(CCCC)CC(CC(=O)S)C(O)(CCC)C(CC(=O)S)CC(CCCC)CCCCCC.CO.CO. The molecule has 260 valence electrons. The van der Waals surface area contributed by atoms with Gasteiger partial charge in [0.25, 0.3) is 0 Å². The van der Waals surface area contributed by atoms with Crippen LogP contribution in [0.3, 0.4) is 0 Å². The van der Waals surface area contributed by atoms with E-state index >= 15 is 0 Å². The largest absolute Gasteiger partial charge is 0.400 e. The zero-order chi connectivity index (χ0) is 33.5. The summed E-state index contributed by atoms with van der Waals surface area (Å²) in [5, 5.41) is 26.3. The third-order valence-electron chi connectivity index (χ3n) is 9.01. The predicted molar refractivity (Wildman–Crippen MR) is 193 cm³/mol. The van der Waals surface area contributed by atoms with Crippen LogP contribution in [-0.2, 0) is 9.59 Å². The summed E-state index contributed by atoms with van der Waals surface area (Å²) in [6.07, 6.45) is 22.9. The molecule has 3 N–H and O–H groups in total. The van der Waals surface area contributed by atoms with Crippen LogP contribution in [0.15, 0.2) is 0 Å². The average Bonchev–Trinajstić information content (AvgIpc) is 2.99. The fourth-order valence-electron chi connectivity index (χ4n) is 6.76. The second-order valence-electron chi connectivity index (χ2n) is 12.5. The van der Waals surface area contributed by atoms with Crippen molar-refractivity contribution in [1.29, 1.82) is 0 Å². The summed E-state index contributed by atoms with van der Waals surface area (Å²) in [5.41, 5.74) is -1.05. The number of unbranched alkanes of at least 4 members (excludes halogenated alkanes) is 8. The Hall–Kier alpha value is -0.0800. The van der Waals surface area contributed by atoms with Gasteiger partial charge in [-0.25, -0.2) is 0 Å². The van der Waals surface area contributed by atoms with Crippen LogP contribution in [0.1, 0.15) is 176 Å². The van der Waals surface area contributed by atoms with E-state index in [1.54, 1.807) is 0 Å². The number of hydrogen-bond acceptors (Lipinski definition) is 5. The van der Waals surface area contributed by atoms with Gasteiger partial charge in [-0.1, -0.05) is 144 Å². The van der Waals surface area contributed by atoms with E-state index < -0.39 is 5.60 Å². The second-order valence-corrected chi connectivity index (χ2v) is 13.5. The summed E-state index contributed by atoms with van der Waals surface area (Å²) in [6, 6.07) is 0. The van der Waals surface area contributed by atoms with E-state index in [9.17, 15) is 14.7 Å². The zero-order valence-corrected chi connectivity index (χ0v) is 31.2. The molecule has 0 aromatic heterocycles. The Morgan fingerprint density at radius 1 is 0.535 bits per heavy atom. The first-order valence-corrected chi connectivity index (χ1v) is 18.6. The summed E-state index contributed by atoms with van der Waals surface area (Å²) < 4.78 is 0. The topological polar surface area (TPSA) is 94.8 Å². The molecule has 43 heavy (non-hydrogen) atoms. The monoisotopic (exact) mass is 650 g/mol. The summed E-state index contributed by atoms with van der Waals surface area (Å²) in [5.74, 6) is 0.667. The molecule has 0 bridgehead atoms. The maximum Gasteiger partial charge on any atom is 0.186 e. The van der Waals surface area contributed by atoms with E-state index in [1.807, 2.05) is 0 Å². The fourth-order valence-corrected chi connectivity index (χ4v) is 7.20. The summed E-state index contributed by atoms with van der Waals surface area (Å²) in [4.78, 5) is 25.0. The molecule has 0 spiro atoms. The summed E-state index contributed by atoms with van der Waals surface area (Å²) in [7, 11) is 2.00. The number of carbonyl (C=O) groups is 2. The van der Waals surface area contributed by atoms with Crippen LogP contribution in [0.25, 0.3) is 0 Å². The predicted octanol–water partition coefficient (Wildman–Crippen LogP) is 9.99. The van der Waals surface area contributed by atoms with Crippen molar-refractivity contribution in [3.63, 3.8) is 0 Å². The average molecular weight is 651 g/mol. The van der Waals surface area contributed by atoms with Gasteiger partial charge in [0.1, 0.15) is 0 Å². The summed E-state index contributed by atoms with van der Waals surface area (Å²) >= 11 is 8.43. The molecule has 4 unspecified atom stereocenters. The molecule has 4 atom stereocenters. The minimum Gasteiger partial charge on any atom is -0.400 e. The number of hydrogen-bond donors (Lipinski definition) is 5. The molecular weight excluding hydrogens is 577 g/mol. The maximum atomic E-state index is 12.6. The third kappa shape index (κ3) is 24.8. The Kier molecular flexibility index (Phi) is 36.6. The van der Waals surface area contributed by atoms with E-state index in [4.69, 9.17) is 10.2 Å². The molecule has 0 radical (unpaired) electrons. The van der Waals surface area contributed by atoms with Gasteiger partial charge in [0.05, 0.1) is 5.60 Å². The van der Waals surface area contributed by atoms with Crippen LogP contribution in [0, 0.1) is 23.7 Å². The molecule has 0 aliphatic heterocycles. The lowest BCUT2D eigenvalue weighted by molar-refractivity contribution is -0.127. The van der Waals surface area contributed by atoms with Gasteiger partial charge >= 0.3 is 0 Å². The van der Waals surface area contributed by atoms with E-state index in [0.29, 0.717) is 18.3 Å². The molecule has 0 heterocycles. The van der Waals surface area contributed by atoms with Crippen LogP contribution >= 0.6 is 25.3 Å². The lowest BCUT2D eigenvalue weighted by atomic mass is 9.65. The Bertz CT molecular complexity index is 570. The molecule has 0 fully saturated rings. The molecule has 0 saturated carbocycles. The van der Waals surface area contributed by atoms with Crippen LogP contribution < -0.4 is 0 Å². The van der Waals surface area contributed by atoms with Crippen LogP contribution in [0.2, 0.25) is 0 Å². The van der Waals surface area contributed by atoms with E-state index in [2.05, 4.69) is 59.9 Å². The third-order valence-corrected chi connectivity index (χ3v) is 9.37. The highest BCUT2D eigenvalue weighted by Gasteiger charge is 2.45. The van der Waals surface area contributed by atoms with Crippen LogP contribution in [0.4, 0.5) is 0 Å². The number of thiol groups is 2. The van der Waals surface area contributed by atoms with Gasteiger partial charge < -0.3 is 15.3 Å². The number of aliphatic hydroxyl groups is 3. The number of rotatable bonds is 28. The van der Waals surface area contributed by atoms with Gasteiger partial charge in [-0.2, -0.15) is 0 Å². The maximum absolute atomic E-state index is 12.6. The van der Waals surface area contributed by atoms with E-state index in [0.717, 1.165) is 72.0 Å². The molecule has 5 nitrogen and oxygen atoms in total. The molecule has 0 saturated heterocycles. The minimum atomic E-state index is -1.05. The Labute approximate surface area is 279 Å². The highest BCUT2D eigenvalue weighted by atomic mass is 32.1. The number of carbonyl (C=O) groups excluding carboxylic acids is 2. The van der Waals surface area contributed by atoms with Crippen molar-refractivity contribution in [2.45, 2.75) is 181 Å². The van der Waals surface area contributed by atoms with Crippen molar-refractivity contribution in [2.75, 3.05) is 14.2 Å². The van der Waals surface area contributed by atoms with Gasteiger partial charge in [-0.3, -0.25) is 9.59 Å². The first kappa shape index (κ1) is 47.3. The van der Waals surface area contributed by atoms with Gasteiger partial charge in [0, 0.05) is 27.1 Å². The Balaban J connectivity index is -0.00000382. The van der Waals surface area contributed by atoms with E-state index in [1.165, 1.54) is 64.2 Å². The van der Waals surface area contributed by atoms with Crippen molar-refractivity contribution in [2.24, 2.45) is 23.7 Å². The molecule has 0 aromatic carbocycles. The quantitative estimate of drug-likeness (QED) is 0.0429. The number of aliphatic hydroxyl groups excluding tert-OH is 2. The fraction of sp³-hybridized carbons (Fsp3) is 0.944. The Morgan fingerprint density at radius 2 is 0.860 bits per heavy atom. The smallest absolute Gasteiger partial charge is 0.186 e. The summed E-state index contributed by atoms with van der Waals surface area (Å²) in [6.45, 7) is 11.1. The van der Waals surface area contributed by atoms with Crippen molar-refractivity contribution >= 4 is 35.5 Å². The molecule has 0 aromatic rings. The van der Waals surface area contributed by atoms with E-state index in [-0.39, 0.29) is 34.9 Å². The lowest BCUT2D eigenvalue weighted by Gasteiger charge is -2.44. The molecule has 7 heteroatoms. The van der Waals surface area contributed by atoms with Crippen molar-refractivity contribution < 1.29 is 24.9 Å². The second kappa shape index (κ2) is 33.3. The van der Waals surface area contributed by atoms with Crippen molar-refractivity contribution in [3.05, 3.63) is 0 Å². The molecule has 0 aliphatic rings. The minimum absolute atomic E-state index is 0.146. The molecule has 0 rings (SSSR count). The van der Waals surface area contributed by atoms with Gasteiger partial charge in [0.15, 0.2) is 10.2 Å². The highest BCUT2D eigenvalue weighted by molar-refractivity contribution is 7.96. The van der Waals surface area contributed by atoms with Crippen molar-refractivity contribution in [1.82, 2.24) is 0 Å².